The Labute approximate surface area is 109 Å². The molecule has 0 saturated carbocycles. The van der Waals surface area contributed by atoms with Crippen LogP contribution in [0.25, 0.3) is 0 Å². The van der Waals surface area contributed by atoms with E-state index in [1.807, 2.05) is 5.32 Å². The van der Waals surface area contributed by atoms with E-state index in [0.717, 1.165) is 0 Å². The summed E-state index contributed by atoms with van der Waals surface area (Å²) in [4.78, 5) is 13.9. The van der Waals surface area contributed by atoms with E-state index in [-0.39, 0.29) is 23.2 Å². The minimum Gasteiger partial charge on any atom is -0.465 e. The fourth-order valence-corrected chi connectivity index (χ4v) is 2.34. The van der Waals surface area contributed by atoms with Gasteiger partial charge < -0.3 is 15.5 Å². The molecule has 0 aromatic heterocycles. The van der Waals surface area contributed by atoms with Crippen LogP contribution < -0.4 is 5.32 Å². The summed E-state index contributed by atoms with van der Waals surface area (Å²) in [5.74, 6) is -0.769. The SMILES string of the molecule is N#CN1C(=NCCNC(=O)O)SCC1(O)C(F)(F)F. The molecule has 1 unspecified atom stereocenters. The zero-order valence-electron chi connectivity index (χ0n) is 9.31. The van der Waals surface area contributed by atoms with Gasteiger partial charge in [0.15, 0.2) is 11.4 Å². The molecule has 1 amide bonds. The van der Waals surface area contributed by atoms with Crippen LogP contribution in [0.2, 0.25) is 0 Å². The molecule has 1 heterocycles. The van der Waals surface area contributed by atoms with Crippen molar-refractivity contribution in [2.45, 2.75) is 11.9 Å². The summed E-state index contributed by atoms with van der Waals surface area (Å²) in [6, 6.07) is 0. The highest BCUT2D eigenvalue weighted by Gasteiger charge is 2.63. The Bertz CT molecular complexity index is 436. The number of halogens is 3. The second kappa shape index (κ2) is 5.54. The zero-order chi connectivity index (χ0) is 14.7. The van der Waals surface area contributed by atoms with Crippen LogP contribution in [0.15, 0.2) is 4.99 Å². The predicted octanol–water partition coefficient (Wildman–Crippen LogP) is 0.391. The van der Waals surface area contributed by atoms with Gasteiger partial charge in [-0.05, 0) is 0 Å². The van der Waals surface area contributed by atoms with Crippen molar-refractivity contribution in [3.63, 3.8) is 0 Å². The number of alkyl halides is 3. The van der Waals surface area contributed by atoms with E-state index in [4.69, 9.17) is 10.4 Å². The lowest BCUT2D eigenvalue weighted by molar-refractivity contribution is -0.280. The Morgan fingerprint density at radius 2 is 2.32 bits per heavy atom. The van der Waals surface area contributed by atoms with Crippen LogP contribution in [0.5, 0.6) is 0 Å². The summed E-state index contributed by atoms with van der Waals surface area (Å²) in [7, 11) is 0. The van der Waals surface area contributed by atoms with Gasteiger partial charge in [-0.2, -0.15) is 18.4 Å². The number of rotatable bonds is 3. The number of hydrogen-bond acceptors (Lipinski definition) is 5. The molecule has 0 radical (unpaired) electrons. The summed E-state index contributed by atoms with van der Waals surface area (Å²) < 4.78 is 37.9. The van der Waals surface area contributed by atoms with E-state index >= 15 is 0 Å². The van der Waals surface area contributed by atoms with Gasteiger partial charge in [-0.1, -0.05) is 11.8 Å². The maximum atomic E-state index is 12.6. The van der Waals surface area contributed by atoms with Crippen molar-refractivity contribution in [2.75, 3.05) is 18.8 Å². The summed E-state index contributed by atoms with van der Waals surface area (Å²) in [6.07, 6.45) is -5.05. The van der Waals surface area contributed by atoms with Gasteiger partial charge in [0.1, 0.15) is 0 Å². The topological polar surface area (TPSA) is 109 Å². The van der Waals surface area contributed by atoms with Crippen molar-refractivity contribution in [3.05, 3.63) is 0 Å². The third-order valence-corrected chi connectivity index (χ3v) is 3.27. The standard InChI is InChI=1S/C8H9F3N4O3S/c9-8(10,11)7(18)3-19-5(15(7)4-12)13-1-2-14-6(16)17/h14,18H,1-3H2,(H,16,17). The third-order valence-electron chi connectivity index (χ3n) is 2.15. The first-order chi connectivity index (χ1) is 8.72. The summed E-state index contributed by atoms with van der Waals surface area (Å²) in [5.41, 5.74) is -3.27. The van der Waals surface area contributed by atoms with Crippen molar-refractivity contribution in [3.8, 4) is 6.19 Å². The quantitative estimate of drug-likeness (QED) is 0.514. The molecule has 1 atom stereocenters. The minimum atomic E-state index is -4.99. The molecule has 0 bridgehead atoms. The van der Waals surface area contributed by atoms with Crippen molar-refractivity contribution < 1.29 is 28.2 Å². The number of aliphatic imine (C=N–C) groups is 1. The van der Waals surface area contributed by atoms with Gasteiger partial charge in [0.05, 0.1) is 12.3 Å². The van der Waals surface area contributed by atoms with Gasteiger partial charge >= 0.3 is 12.3 Å². The van der Waals surface area contributed by atoms with Crippen LogP contribution in [0.4, 0.5) is 18.0 Å². The van der Waals surface area contributed by atoms with Crippen LogP contribution in [0.3, 0.4) is 0 Å². The minimum absolute atomic E-state index is 0.0818. The average molecular weight is 298 g/mol. The molecular formula is C8H9F3N4O3S. The molecule has 1 aliphatic rings. The lowest BCUT2D eigenvalue weighted by Gasteiger charge is -2.29. The van der Waals surface area contributed by atoms with Gasteiger partial charge in [-0.25, -0.2) is 9.69 Å². The molecule has 0 spiro atoms. The number of amidine groups is 1. The van der Waals surface area contributed by atoms with Gasteiger partial charge in [-0.3, -0.25) is 4.99 Å². The lowest BCUT2D eigenvalue weighted by atomic mass is 10.2. The van der Waals surface area contributed by atoms with Gasteiger partial charge in [0.25, 0.3) is 5.72 Å². The fraction of sp³-hybridized carbons (Fsp3) is 0.625. The highest BCUT2D eigenvalue weighted by atomic mass is 32.2. The number of aliphatic hydroxyl groups is 1. The maximum absolute atomic E-state index is 12.6. The Balaban J connectivity index is 2.76. The van der Waals surface area contributed by atoms with Crippen LogP contribution >= 0.6 is 11.8 Å². The average Bonchev–Trinajstić information content (AvgIpc) is 2.62. The second-order valence-corrected chi connectivity index (χ2v) is 4.38. The lowest BCUT2D eigenvalue weighted by Crippen LogP contribution is -2.56. The van der Waals surface area contributed by atoms with Crippen molar-refractivity contribution in [1.82, 2.24) is 10.2 Å². The molecule has 19 heavy (non-hydrogen) atoms. The van der Waals surface area contributed by atoms with E-state index in [2.05, 4.69) is 4.99 Å². The van der Waals surface area contributed by atoms with E-state index in [1.54, 1.807) is 0 Å². The van der Waals surface area contributed by atoms with Gasteiger partial charge in [-0.15, -0.1) is 0 Å². The molecule has 0 aromatic carbocycles. The molecular weight excluding hydrogens is 289 g/mol. The van der Waals surface area contributed by atoms with E-state index in [1.165, 1.54) is 6.19 Å². The Morgan fingerprint density at radius 3 is 2.79 bits per heavy atom. The Hall–Kier alpha value is -1.67. The number of nitrogens with zero attached hydrogens (tertiary/aromatic N) is 3. The van der Waals surface area contributed by atoms with Gasteiger partial charge in [0.2, 0.25) is 0 Å². The van der Waals surface area contributed by atoms with Crippen LogP contribution in [-0.4, -0.2) is 57.1 Å². The van der Waals surface area contributed by atoms with E-state index < -0.39 is 23.7 Å². The Morgan fingerprint density at radius 1 is 1.68 bits per heavy atom. The first kappa shape index (κ1) is 15.4. The predicted molar refractivity (Wildman–Crippen MR) is 59.2 cm³/mol. The molecule has 11 heteroatoms. The number of thioether (sulfide) groups is 1. The number of nitriles is 1. The number of carbonyl (C=O) groups is 1. The summed E-state index contributed by atoms with van der Waals surface area (Å²) in [6.45, 7) is -0.246. The van der Waals surface area contributed by atoms with Crippen molar-refractivity contribution in [1.29, 1.82) is 5.26 Å². The number of carboxylic acid groups (broad SMARTS) is 1. The van der Waals surface area contributed by atoms with E-state index in [9.17, 15) is 23.1 Å². The molecule has 1 aliphatic heterocycles. The third kappa shape index (κ3) is 3.21. The molecule has 3 N–H and O–H groups in total. The molecule has 106 valence electrons. The fourth-order valence-electron chi connectivity index (χ4n) is 1.22. The monoisotopic (exact) mass is 298 g/mol. The molecule has 1 rings (SSSR count). The second-order valence-electron chi connectivity index (χ2n) is 3.43. The molecule has 0 aliphatic carbocycles. The molecule has 0 aromatic rings. The summed E-state index contributed by atoms with van der Waals surface area (Å²) in [5, 5.41) is 28.1. The smallest absolute Gasteiger partial charge is 0.438 e. The highest BCUT2D eigenvalue weighted by Crippen LogP contribution is 2.42. The van der Waals surface area contributed by atoms with Crippen LogP contribution in [-0.2, 0) is 0 Å². The largest absolute Gasteiger partial charge is 0.465 e. The first-order valence-corrected chi connectivity index (χ1v) is 5.84. The zero-order valence-corrected chi connectivity index (χ0v) is 10.1. The van der Waals surface area contributed by atoms with Crippen LogP contribution in [0.1, 0.15) is 0 Å². The van der Waals surface area contributed by atoms with Gasteiger partial charge in [0, 0.05) is 6.54 Å². The van der Waals surface area contributed by atoms with Crippen molar-refractivity contribution >= 4 is 23.0 Å². The highest BCUT2D eigenvalue weighted by molar-refractivity contribution is 8.14. The maximum Gasteiger partial charge on any atom is 0.438 e. The number of hydrogen-bond donors (Lipinski definition) is 3. The Kier molecular flexibility index (Phi) is 4.48. The van der Waals surface area contributed by atoms with E-state index in [0.29, 0.717) is 11.8 Å². The normalized spacial score (nSPS) is 25.4. The molecule has 1 saturated heterocycles. The summed E-state index contributed by atoms with van der Waals surface area (Å²) >= 11 is 0.576. The molecule has 7 nitrogen and oxygen atoms in total. The molecule has 1 fully saturated rings. The number of amides is 1. The van der Waals surface area contributed by atoms with Crippen molar-refractivity contribution in [2.24, 2.45) is 4.99 Å². The first-order valence-electron chi connectivity index (χ1n) is 4.85. The number of nitrogens with one attached hydrogen (secondary N) is 1. The van der Waals surface area contributed by atoms with Crippen LogP contribution in [0, 0.1) is 11.5 Å².